The Kier molecular flexibility index (Phi) is 3.14. The number of hydrogen-bond donors (Lipinski definition) is 1. The molecule has 5 nitrogen and oxygen atoms in total. The second-order valence-corrected chi connectivity index (χ2v) is 7.03. The average Bonchev–Trinajstić information content (AvgIpc) is 2.65. The van der Waals surface area contributed by atoms with Crippen molar-refractivity contribution >= 4 is 9.84 Å². The Balaban J connectivity index is 2.19. The van der Waals surface area contributed by atoms with Gasteiger partial charge in [0.1, 0.15) is 0 Å². The summed E-state index contributed by atoms with van der Waals surface area (Å²) in [6.45, 7) is 1.12. The Hall–Kier alpha value is -1.27. The number of hydrogen-bond acceptors (Lipinski definition) is 5. The molecule has 1 atom stereocenters. The Morgan fingerprint density at radius 1 is 1.11 bits per heavy atom. The van der Waals surface area contributed by atoms with Gasteiger partial charge in [0.2, 0.25) is 0 Å². The summed E-state index contributed by atoms with van der Waals surface area (Å²) in [6, 6.07) is 3.06. The van der Waals surface area contributed by atoms with Gasteiger partial charge in [0, 0.05) is 18.5 Å². The molecule has 0 radical (unpaired) electrons. The van der Waals surface area contributed by atoms with Gasteiger partial charge in [0.15, 0.2) is 21.3 Å². The Labute approximate surface area is 112 Å². The first kappa shape index (κ1) is 12.7. The van der Waals surface area contributed by atoms with Crippen LogP contribution in [0.3, 0.4) is 0 Å². The highest BCUT2D eigenvalue weighted by Gasteiger charge is 2.28. The van der Waals surface area contributed by atoms with Crippen LogP contribution in [0.2, 0.25) is 0 Å². The summed E-state index contributed by atoms with van der Waals surface area (Å²) in [5.41, 5.74) is 6.73. The van der Waals surface area contributed by atoms with Crippen molar-refractivity contribution in [1.29, 1.82) is 0 Å². The van der Waals surface area contributed by atoms with E-state index in [1.807, 2.05) is 0 Å². The molecule has 3 rings (SSSR count). The molecule has 1 unspecified atom stereocenters. The van der Waals surface area contributed by atoms with E-state index in [1.165, 1.54) is 0 Å². The SMILES string of the molecule is NC1CCCS(=O)(=O)c2cc3c(cc21)OCCCO3. The zero-order chi connectivity index (χ0) is 13.5. The maximum absolute atomic E-state index is 12.3. The van der Waals surface area contributed by atoms with Crippen molar-refractivity contribution in [2.24, 2.45) is 5.73 Å². The number of sulfone groups is 1. The molecule has 2 heterocycles. The predicted molar refractivity (Wildman–Crippen MR) is 70.3 cm³/mol. The lowest BCUT2D eigenvalue weighted by Crippen LogP contribution is -2.12. The molecule has 0 spiro atoms. The molecule has 104 valence electrons. The van der Waals surface area contributed by atoms with Crippen LogP contribution in [-0.4, -0.2) is 27.4 Å². The normalized spacial score (nSPS) is 25.0. The van der Waals surface area contributed by atoms with Crippen molar-refractivity contribution in [3.05, 3.63) is 17.7 Å². The van der Waals surface area contributed by atoms with Gasteiger partial charge in [0.05, 0.1) is 23.9 Å². The van der Waals surface area contributed by atoms with Gasteiger partial charge in [-0.3, -0.25) is 0 Å². The Morgan fingerprint density at radius 3 is 2.53 bits per heavy atom. The largest absolute Gasteiger partial charge is 0.490 e. The second-order valence-electron chi connectivity index (χ2n) is 4.95. The van der Waals surface area contributed by atoms with Gasteiger partial charge in [-0.25, -0.2) is 8.42 Å². The van der Waals surface area contributed by atoms with Crippen molar-refractivity contribution in [3.8, 4) is 11.5 Å². The first-order valence-corrected chi connectivity index (χ1v) is 8.15. The molecule has 1 aromatic carbocycles. The highest BCUT2D eigenvalue weighted by atomic mass is 32.2. The Morgan fingerprint density at radius 2 is 1.79 bits per heavy atom. The summed E-state index contributed by atoms with van der Waals surface area (Å²) in [7, 11) is -3.27. The van der Waals surface area contributed by atoms with Crippen LogP contribution >= 0.6 is 0 Å². The van der Waals surface area contributed by atoms with Crippen LogP contribution in [0.4, 0.5) is 0 Å². The van der Waals surface area contributed by atoms with Crippen molar-refractivity contribution < 1.29 is 17.9 Å². The van der Waals surface area contributed by atoms with Crippen molar-refractivity contribution in [2.45, 2.75) is 30.2 Å². The molecule has 0 saturated heterocycles. The summed E-state index contributed by atoms with van der Waals surface area (Å²) in [5.74, 6) is 1.26. The standard InChI is InChI=1S/C13H17NO4S/c14-10-3-1-6-19(15,16)13-8-12-11(7-9(10)13)17-4-2-5-18-12/h7-8,10H,1-6,14H2. The second kappa shape index (κ2) is 4.68. The van der Waals surface area contributed by atoms with Gasteiger partial charge < -0.3 is 15.2 Å². The quantitative estimate of drug-likeness (QED) is 0.779. The molecule has 0 bridgehead atoms. The van der Waals surface area contributed by atoms with Crippen molar-refractivity contribution in [1.82, 2.24) is 0 Å². The van der Waals surface area contributed by atoms with E-state index in [2.05, 4.69) is 0 Å². The van der Waals surface area contributed by atoms with E-state index < -0.39 is 9.84 Å². The molecular weight excluding hydrogens is 266 g/mol. The predicted octanol–water partition coefficient (Wildman–Crippen LogP) is 1.42. The smallest absolute Gasteiger partial charge is 0.178 e. The lowest BCUT2D eigenvalue weighted by Gasteiger charge is -2.16. The zero-order valence-electron chi connectivity index (χ0n) is 10.6. The summed E-state index contributed by atoms with van der Waals surface area (Å²) in [6.07, 6.45) is 2.05. The first-order chi connectivity index (χ1) is 9.08. The molecular formula is C13H17NO4S. The van der Waals surface area contributed by atoms with Crippen molar-refractivity contribution in [2.75, 3.05) is 19.0 Å². The van der Waals surface area contributed by atoms with E-state index >= 15 is 0 Å². The Bertz CT molecular complexity index is 597. The lowest BCUT2D eigenvalue weighted by molar-refractivity contribution is 0.296. The lowest BCUT2D eigenvalue weighted by atomic mass is 10.0. The first-order valence-electron chi connectivity index (χ1n) is 6.50. The molecule has 2 N–H and O–H groups in total. The molecule has 1 aromatic rings. The minimum Gasteiger partial charge on any atom is -0.490 e. The fourth-order valence-electron chi connectivity index (χ4n) is 2.52. The molecule has 0 fully saturated rings. The third kappa shape index (κ3) is 2.30. The fourth-order valence-corrected chi connectivity index (χ4v) is 4.15. The van der Waals surface area contributed by atoms with Gasteiger partial charge in [-0.15, -0.1) is 0 Å². The summed E-state index contributed by atoms with van der Waals surface area (Å²) in [4.78, 5) is 0.307. The van der Waals surface area contributed by atoms with E-state index in [-0.39, 0.29) is 11.8 Å². The molecule has 6 heteroatoms. The fraction of sp³-hybridized carbons (Fsp3) is 0.538. The van der Waals surface area contributed by atoms with Gasteiger partial charge in [-0.05, 0) is 24.5 Å². The maximum atomic E-state index is 12.3. The monoisotopic (exact) mass is 283 g/mol. The molecule has 2 aliphatic heterocycles. The highest BCUT2D eigenvalue weighted by Crippen LogP contribution is 2.39. The summed E-state index contributed by atoms with van der Waals surface area (Å²) in [5, 5.41) is 0. The molecule has 19 heavy (non-hydrogen) atoms. The third-order valence-corrected chi connectivity index (χ3v) is 5.39. The average molecular weight is 283 g/mol. The van der Waals surface area contributed by atoms with E-state index in [9.17, 15) is 8.42 Å². The van der Waals surface area contributed by atoms with Gasteiger partial charge >= 0.3 is 0 Å². The molecule has 0 amide bonds. The molecule has 0 aromatic heterocycles. The molecule has 0 aliphatic carbocycles. The van der Waals surface area contributed by atoms with Crippen LogP contribution in [0.25, 0.3) is 0 Å². The van der Waals surface area contributed by atoms with E-state index in [1.54, 1.807) is 12.1 Å². The molecule has 0 saturated carbocycles. The summed E-state index contributed by atoms with van der Waals surface area (Å²) >= 11 is 0. The van der Waals surface area contributed by atoms with E-state index in [4.69, 9.17) is 15.2 Å². The number of rotatable bonds is 0. The van der Waals surface area contributed by atoms with Crippen molar-refractivity contribution in [3.63, 3.8) is 0 Å². The number of fused-ring (bicyclic) bond motifs is 2. The number of nitrogens with two attached hydrogens (primary N) is 1. The molecule has 2 aliphatic rings. The van der Waals surface area contributed by atoms with Gasteiger partial charge in [-0.2, -0.15) is 0 Å². The van der Waals surface area contributed by atoms with Crippen LogP contribution in [-0.2, 0) is 9.84 Å². The van der Waals surface area contributed by atoms with Gasteiger partial charge in [-0.1, -0.05) is 0 Å². The maximum Gasteiger partial charge on any atom is 0.178 e. The zero-order valence-corrected chi connectivity index (χ0v) is 11.4. The third-order valence-electron chi connectivity index (χ3n) is 3.54. The highest BCUT2D eigenvalue weighted by molar-refractivity contribution is 7.91. The van der Waals surface area contributed by atoms with Crippen LogP contribution in [0.1, 0.15) is 30.9 Å². The van der Waals surface area contributed by atoms with Crippen LogP contribution in [0.15, 0.2) is 17.0 Å². The van der Waals surface area contributed by atoms with Crippen LogP contribution < -0.4 is 15.2 Å². The number of benzene rings is 1. The van der Waals surface area contributed by atoms with Crippen LogP contribution in [0.5, 0.6) is 11.5 Å². The minimum absolute atomic E-state index is 0.146. The van der Waals surface area contributed by atoms with E-state index in [0.717, 1.165) is 6.42 Å². The van der Waals surface area contributed by atoms with E-state index in [0.29, 0.717) is 48.0 Å². The van der Waals surface area contributed by atoms with Gasteiger partial charge in [0.25, 0.3) is 0 Å². The minimum atomic E-state index is -3.27. The summed E-state index contributed by atoms with van der Waals surface area (Å²) < 4.78 is 35.7. The topological polar surface area (TPSA) is 78.6 Å². The van der Waals surface area contributed by atoms with Crippen LogP contribution in [0, 0.1) is 0 Å². The number of ether oxygens (including phenoxy) is 2.